The average Bonchev–Trinajstić information content (AvgIpc) is 2.92. The minimum atomic E-state index is -0.878. The standard InChI is InChI=1S/C18H15ClN2O2S/c1-11-6-8-12(9-7-11)17-15(10-16(22)23)24-18(21-17)20-14-5-3-2-4-13(14)19/h2-9H,10H2,1H3,(H,20,21)(H,22,23). The molecule has 1 aromatic heterocycles. The Balaban J connectivity index is 1.98. The van der Waals surface area contributed by atoms with Crippen LogP contribution >= 0.6 is 22.9 Å². The Labute approximate surface area is 148 Å². The molecule has 0 spiro atoms. The van der Waals surface area contributed by atoms with Gasteiger partial charge in [0.25, 0.3) is 0 Å². The summed E-state index contributed by atoms with van der Waals surface area (Å²) >= 11 is 7.49. The number of anilines is 2. The first kappa shape index (κ1) is 16.5. The monoisotopic (exact) mass is 358 g/mol. The van der Waals surface area contributed by atoms with Gasteiger partial charge in [-0.1, -0.05) is 53.6 Å². The molecular weight excluding hydrogens is 344 g/mol. The topological polar surface area (TPSA) is 62.2 Å². The van der Waals surface area contributed by atoms with E-state index >= 15 is 0 Å². The number of carbonyl (C=O) groups is 1. The molecule has 0 unspecified atom stereocenters. The molecule has 0 saturated heterocycles. The van der Waals surface area contributed by atoms with Gasteiger partial charge in [-0.2, -0.15) is 0 Å². The highest BCUT2D eigenvalue weighted by atomic mass is 35.5. The Morgan fingerprint density at radius 1 is 1.21 bits per heavy atom. The van der Waals surface area contributed by atoms with E-state index in [-0.39, 0.29) is 6.42 Å². The lowest BCUT2D eigenvalue weighted by atomic mass is 10.1. The van der Waals surface area contributed by atoms with Crippen LogP contribution in [0.1, 0.15) is 10.4 Å². The molecular formula is C18H15ClN2O2S. The SMILES string of the molecule is Cc1ccc(-c2nc(Nc3ccccc3Cl)sc2CC(=O)O)cc1. The molecule has 0 aliphatic heterocycles. The van der Waals surface area contributed by atoms with Crippen LogP contribution in [-0.4, -0.2) is 16.1 Å². The van der Waals surface area contributed by atoms with Crippen molar-refractivity contribution in [1.29, 1.82) is 0 Å². The number of hydrogen-bond donors (Lipinski definition) is 2. The fourth-order valence-corrected chi connectivity index (χ4v) is 3.45. The molecule has 0 aliphatic carbocycles. The summed E-state index contributed by atoms with van der Waals surface area (Å²) < 4.78 is 0. The Morgan fingerprint density at radius 3 is 2.58 bits per heavy atom. The highest BCUT2D eigenvalue weighted by Gasteiger charge is 2.16. The maximum atomic E-state index is 11.2. The van der Waals surface area contributed by atoms with Gasteiger partial charge in [-0.05, 0) is 19.1 Å². The molecule has 2 aromatic carbocycles. The zero-order valence-electron chi connectivity index (χ0n) is 12.9. The molecule has 24 heavy (non-hydrogen) atoms. The lowest BCUT2D eigenvalue weighted by Gasteiger charge is -2.04. The number of para-hydroxylation sites is 1. The van der Waals surface area contributed by atoms with E-state index in [4.69, 9.17) is 16.7 Å². The van der Waals surface area contributed by atoms with E-state index in [9.17, 15) is 4.79 Å². The number of hydrogen-bond acceptors (Lipinski definition) is 4. The third-order valence-corrected chi connectivity index (χ3v) is 4.75. The average molecular weight is 359 g/mol. The van der Waals surface area contributed by atoms with Crippen LogP contribution in [0, 0.1) is 6.92 Å². The Morgan fingerprint density at radius 2 is 1.92 bits per heavy atom. The lowest BCUT2D eigenvalue weighted by Crippen LogP contribution is -1.99. The van der Waals surface area contributed by atoms with Gasteiger partial charge in [0.05, 0.1) is 22.8 Å². The van der Waals surface area contributed by atoms with Crippen LogP contribution in [0.2, 0.25) is 5.02 Å². The summed E-state index contributed by atoms with van der Waals surface area (Å²) in [4.78, 5) is 16.5. The van der Waals surface area contributed by atoms with Crippen molar-refractivity contribution in [3.63, 3.8) is 0 Å². The second-order valence-electron chi connectivity index (χ2n) is 5.33. The number of nitrogens with zero attached hydrogens (tertiary/aromatic N) is 1. The van der Waals surface area contributed by atoms with Crippen LogP contribution in [0.25, 0.3) is 11.3 Å². The molecule has 0 fully saturated rings. The number of thiazole rings is 1. The molecule has 3 rings (SSSR count). The highest BCUT2D eigenvalue weighted by Crippen LogP contribution is 2.34. The van der Waals surface area contributed by atoms with Gasteiger partial charge < -0.3 is 10.4 Å². The number of aryl methyl sites for hydroxylation is 1. The van der Waals surface area contributed by atoms with Crippen molar-refractivity contribution >= 4 is 39.7 Å². The normalized spacial score (nSPS) is 10.6. The van der Waals surface area contributed by atoms with Crippen molar-refractivity contribution in [2.75, 3.05) is 5.32 Å². The number of carboxylic acid groups (broad SMARTS) is 1. The lowest BCUT2D eigenvalue weighted by molar-refractivity contribution is -0.136. The number of benzene rings is 2. The van der Waals surface area contributed by atoms with Gasteiger partial charge in [-0.25, -0.2) is 4.98 Å². The summed E-state index contributed by atoms with van der Waals surface area (Å²) in [6.45, 7) is 2.01. The molecule has 0 atom stereocenters. The molecule has 0 aliphatic rings. The van der Waals surface area contributed by atoms with Crippen molar-refractivity contribution in [2.24, 2.45) is 0 Å². The third-order valence-electron chi connectivity index (χ3n) is 3.45. The summed E-state index contributed by atoms with van der Waals surface area (Å²) in [5, 5.41) is 13.5. The van der Waals surface area contributed by atoms with Crippen molar-refractivity contribution in [1.82, 2.24) is 4.98 Å². The zero-order valence-corrected chi connectivity index (χ0v) is 14.5. The minimum Gasteiger partial charge on any atom is -0.481 e. The molecule has 0 radical (unpaired) electrons. The Kier molecular flexibility index (Phi) is 4.83. The number of rotatable bonds is 5. The summed E-state index contributed by atoms with van der Waals surface area (Å²) in [7, 11) is 0. The van der Waals surface area contributed by atoms with Crippen LogP contribution in [0.3, 0.4) is 0 Å². The van der Waals surface area contributed by atoms with Crippen molar-refractivity contribution in [2.45, 2.75) is 13.3 Å². The first-order chi connectivity index (χ1) is 11.5. The summed E-state index contributed by atoms with van der Waals surface area (Å²) in [5.41, 5.74) is 3.48. The van der Waals surface area contributed by atoms with Gasteiger partial charge in [-0.15, -0.1) is 11.3 Å². The molecule has 122 valence electrons. The summed E-state index contributed by atoms with van der Waals surface area (Å²) in [6.07, 6.45) is -0.0644. The smallest absolute Gasteiger partial charge is 0.308 e. The second kappa shape index (κ2) is 7.03. The second-order valence-corrected chi connectivity index (χ2v) is 6.82. The molecule has 2 N–H and O–H groups in total. The van der Waals surface area contributed by atoms with Gasteiger partial charge >= 0.3 is 5.97 Å². The van der Waals surface area contributed by atoms with E-state index in [1.165, 1.54) is 11.3 Å². The number of aromatic nitrogens is 1. The molecule has 4 nitrogen and oxygen atoms in total. The van der Waals surface area contributed by atoms with Gasteiger partial charge in [-0.3, -0.25) is 4.79 Å². The minimum absolute atomic E-state index is 0.0644. The molecule has 0 bridgehead atoms. The maximum Gasteiger partial charge on any atom is 0.308 e. The van der Waals surface area contributed by atoms with E-state index in [0.29, 0.717) is 20.7 Å². The summed E-state index contributed by atoms with van der Waals surface area (Å²) in [6, 6.07) is 15.2. The zero-order chi connectivity index (χ0) is 17.1. The fraction of sp³-hybridized carbons (Fsp3) is 0.111. The predicted molar refractivity (Wildman–Crippen MR) is 98.4 cm³/mol. The number of nitrogens with one attached hydrogen (secondary N) is 1. The molecule has 3 aromatic rings. The number of aliphatic carboxylic acids is 1. The van der Waals surface area contributed by atoms with Gasteiger partial charge in [0.15, 0.2) is 5.13 Å². The third kappa shape index (κ3) is 3.75. The fourth-order valence-electron chi connectivity index (χ4n) is 2.28. The maximum absolute atomic E-state index is 11.2. The van der Waals surface area contributed by atoms with E-state index < -0.39 is 5.97 Å². The van der Waals surface area contributed by atoms with E-state index in [1.54, 1.807) is 6.07 Å². The molecule has 6 heteroatoms. The van der Waals surface area contributed by atoms with Gasteiger partial charge in [0, 0.05) is 10.4 Å². The first-order valence-corrected chi connectivity index (χ1v) is 8.52. The highest BCUT2D eigenvalue weighted by molar-refractivity contribution is 7.16. The summed E-state index contributed by atoms with van der Waals surface area (Å²) in [5.74, 6) is -0.878. The first-order valence-electron chi connectivity index (χ1n) is 7.33. The van der Waals surface area contributed by atoms with Gasteiger partial charge in [0.2, 0.25) is 0 Å². The molecule has 0 saturated carbocycles. The molecule has 1 heterocycles. The van der Waals surface area contributed by atoms with Crippen LogP contribution in [-0.2, 0) is 11.2 Å². The van der Waals surface area contributed by atoms with E-state index in [0.717, 1.165) is 16.8 Å². The van der Waals surface area contributed by atoms with Crippen LogP contribution < -0.4 is 5.32 Å². The van der Waals surface area contributed by atoms with Gasteiger partial charge in [0.1, 0.15) is 0 Å². The van der Waals surface area contributed by atoms with Crippen molar-refractivity contribution in [3.8, 4) is 11.3 Å². The van der Waals surface area contributed by atoms with E-state index in [2.05, 4.69) is 10.3 Å². The largest absolute Gasteiger partial charge is 0.481 e. The van der Waals surface area contributed by atoms with Crippen LogP contribution in [0.15, 0.2) is 48.5 Å². The van der Waals surface area contributed by atoms with Crippen LogP contribution in [0.5, 0.6) is 0 Å². The Bertz CT molecular complexity index is 875. The van der Waals surface area contributed by atoms with Crippen molar-refractivity contribution < 1.29 is 9.90 Å². The number of carboxylic acids is 1. The predicted octanol–water partition coefficient (Wildman–Crippen LogP) is 5.14. The molecule has 0 amide bonds. The van der Waals surface area contributed by atoms with E-state index in [1.807, 2.05) is 49.4 Å². The van der Waals surface area contributed by atoms with Crippen LogP contribution in [0.4, 0.5) is 10.8 Å². The van der Waals surface area contributed by atoms with Crippen molar-refractivity contribution in [3.05, 3.63) is 64.0 Å². The Hall–Kier alpha value is -2.37. The quantitative estimate of drug-likeness (QED) is 0.662. The number of halogens is 1.